The zero-order valence-electron chi connectivity index (χ0n) is 19.1. The van der Waals surface area contributed by atoms with E-state index in [1.54, 1.807) is 30.5 Å². The Kier molecular flexibility index (Phi) is 9.71. The predicted octanol–water partition coefficient (Wildman–Crippen LogP) is 3.58. The van der Waals surface area contributed by atoms with Crippen molar-refractivity contribution in [1.29, 1.82) is 0 Å². The van der Waals surface area contributed by atoms with Gasteiger partial charge in [0.05, 0.1) is 5.69 Å². The molecule has 1 aromatic carbocycles. The van der Waals surface area contributed by atoms with Crippen LogP contribution in [0.25, 0.3) is 5.57 Å². The Labute approximate surface area is 202 Å². The van der Waals surface area contributed by atoms with E-state index in [4.69, 9.17) is 15.2 Å². The van der Waals surface area contributed by atoms with E-state index in [1.807, 2.05) is 18.2 Å². The van der Waals surface area contributed by atoms with Gasteiger partial charge in [-0.3, -0.25) is 9.05 Å². The Morgan fingerprint density at radius 3 is 2.71 bits per heavy atom. The van der Waals surface area contributed by atoms with Crippen LogP contribution in [-0.2, 0) is 26.6 Å². The van der Waals surface area contributed by atoms with Crippen molar-refractivity contribution in [2.75, 3.05) is 25.7 Å². The summed E-state index contributed by atoms with van der Waals surface area (Å²) in [6.45, 7) is 0.561. The third-order valence-corrected chi connectivity index (χ3v) is 5.66. The van der Waals surface area contributed by atoms with E-state index in [-0.39, 0.29) is 19.1 Å². The standard InChI is InChI=1S/C23H27FN5O5P/c1-32-35(30,31)33-16-26-10-2-3-19(13-25)22-12-21(29-34-22)11-18-6-9-23(28-15-18)27-14-17-4-7-20(24)8-5-17/h2-10,12,15,26H,11,13-14,16,25H2,1H3,(H,27,28)(H,30,31)/b10-2-,19-3+. The molecular formula is C23H27FN5O5P. The maximum absolute atomic E-state index is 13.0. The second-order valence-corrected chi connectivity index (χ2v) is 8.84. The van der Waals surface area contributed by atoms with Crippen molar-refractivity contribution in [3.8, 4) is 0 Å². The lowest BCUT2D eigenvalue weighted by Crippen LogP contribution is -2.09. The highest BCUT2D eigenvalue weighted by Crippen LogP contribution is 2.41. The average Bonchev–Trinajstić information content (AvgIpc) is 3.32. The van der Waals surface area contributed by atoms with E-state index in [2.05, 4.69) is 29.8 Å². The summed E-state index contributed by atoms with van der Waals surface area (Å²) in [5.41, 5.74) is 9.17. The van der Waals surface area contributed by atoms with Crippen LogP contribution in [-0.4, -0.2) is 35.4 Å². The van der Waals surface area contributed by atoms with E-state index in [1.165, 1.54) is 18.3 Å². The fourth-order valence-corrected chi connectivity index (χ4v) is 3.23. The molecule has 2 aromatic heterocycles. The Morgan fingerprint density at radius 1 is 1.26 bits per heavy atom. The molecule has 1 unspecified atom stereocenters. The number of nitrogens with zero attached hydrogens (tertiary/aromatic N) is 2. The van der Waals surface area contributed by atoms with Crippen molar-refractivity contribution < 1.29 is 27.4 Å². The lowest BCUT2D eigenvalue weighted by Gasteiger charge is -2.08. The molecule has 0 aliphatic rings. The van der Waals surface area contributed by atoms with Gasteiger partial charge in [-0.15, -0.1) is 0 Å². The summed E-state index contributed by atoms with van der Waals surface area (Å²) in [7, 11) is -2.93. The third kappa shape index (κ3) is 8.75. The number of rotatable bonds is 13. The zero-order chi connectivity index (χ0) is 25.1. The van der Waals surface area contributed by atoms with Gasteiger partial charge >= 0.3 is 7.82 Å². The zero-order valence-corrected chi connectivity index (χ0v) is 20.0. The molecule has 0 radical (unpaired) electrons. The predicted molar refractivity (Wildman–Crippen MR) is 129 cm³/mol. The normalized spacial score (nSPS) is 13.7. The van der Waals surface area contributed by atoms with Crippen LogP contribution in [0.3, 0.4) is 0 Å². The number of nitrogens with two attached hydrogens (primary N) is 1. The summed E-state index contributed by atoms with van der Waals surface area (Å²) >= 11 is 0. The number of nitrogens with one attached hydrogen (secondary N) is 2. The lowest BCUT2D eigenvalue weighted by atomic mass is 10.1. The number of aromatic nitrogens is 2. The number of pyridine rings is 1. The van der Waals surface area contributed by atoms with Crippen LogP contribution in [0.15, 0.2) is 71.5 Å². The van der Waals surface area contributed by atoms with Gasteiger partial charge in [0, 0.05) is 44.5 Å². The van der Waals surface area contributed by atoms with Crippen LogP contribution in [0.2, 0.25) is 0 Å². The molecule has 186 valence electrons. The van der Waals surface area contributed by atoms with Gasteiger partial charge in [0.2, 0.25) is 0 Å². The first-order chi connectivity index (χ1) is 16.9. The largest absolute Gasteiger partial charge is 0.473 e. The number of halogens is 1. The van der Waals surface area contributed by atoms with Crippen LogP contribution in [0.5, 0.6) is 0 Å². The average molecular weight is 503 g/mol. The Hall–Kier alpha value is -3.34. The molecule has 0 bridgehead atoms. The molecule has 0 aliphatic heterocycles. The molecule has 2 heterocycles. The molecule has 3 rings (SSSR count). The van der Waals surface area contributed by atoms with E-state index in [0.717, 1.165) is 23.9 Å². The molecule has 0 aliphatic carbocycles. The van der Waals surface area contributed by atoms with E-state index in [0.29, 0.717) is 30.1 Å². The fourth-order valence-electron chi connectivity index (χ4n) is 2.89. The molecule has 0 spiro atoms. The molecule has 0 saturated carbocycles. The van der Waals surface area contributed by atoms with Crippen molar-refractivity contribution in [2.45, 2.75) is 13.0 Å². The SMILES string of the molecule is COP(=O)(O)OCN/C=C\C=C(/CN)c1cc(Cc2ccc(NCc3ccc(F)cc3)nc2)no1. The molecule has 1 atom stereocenters. The highest BCUT2D eigenvalue weighted by molar-refractivity contribution is 7.47. The maximum atomic E-state index is 13.0. The second-order valence-electron chi connectivity index (χ2n) is 7.27. The topological polar surface area (TPSA) is 145 Å². The van der Waals surface area contributed by atoms with Crippen molar-refractivity contribution in [1.82, 2.24) is 15.5 Å². The summed E-state index contributed by atoms with van der Waals surface area (Å²) in [5.74, 6) is 0.982. The quantitative estimate of drug-likeness (QED) is 0.118. The van der Waals surface area contributed by atoms with Crippen LogP contribution >= 0.6 is 7.82 Å². The lowest BCUT2D eigenvalue weighted by molar-refractivity contribution is 0.168. The fraction of sp³-hybridized carbons (Fsp3) is 0.217. The molecule has 35 heavy (non-hydrogen) atoms. The number of benzene rings is 1. The molecule has 0 saturated heterocycles. The minimum absolute atomic E-state index is 0.203. The summed E-state index contributed by atoms with van der Waals surface area (Å²) < 4.78 is 38.5. The van der Waals surface area contributed by atoms with Crippen molar-refractivity contribution in [3.63, 3.8) is 0 Å². The Balaban J connectivity index is 1.50. The minimum Gasteiger partial charge on any atom is -0.368 e. The van der Waals surface area contributed by atoms with Crippen molar-refractivity contribution >= 4 is 19.2 Å². The summed E-state index contributed by atoms with van der Waals surface area (Å²) in [4.78, 5) is 13.5. The number of phosphoric ester groups is 1. The van der Waals surface area contributed by atoms with Crippen LogP contribution < -0.4 is 16.4 Å². The van der Waals surface area contributed by atoms with Crippen LogP contribution in [0, 0.1) is 5.82 Å². The molecule has 0 amide bonds. The van der Waals surface area contributed by atoms with Gasteiger partial charge in [0.25, 0.3) is 0 Å². The first-order valence-corrected chi connectivity index (χ1v) is 12.1. The molecule has 3 aromatic rings. The van der Waals surface area contributed by atoms with Gasteiger partial charge in [-0.1, -0.05) is 29.4 Å². The van der Waals surface area contributed by atoms with Gasteiger partial charge in [-0.05, 0) is 41.6 Å². The molecular weight excluding hydrogens is 476 g/mol. The molecule has 12 heteroatoms. The Morgan fingerprint density at radius 2 is 2.03 bits per heavy atom. The van der Waals surface area contributed by atoms with E-state index in [9.17, 15) is 8.96 Å². The number of hydrogen-bond acceptors (Lipinski definition) is 9. The monoisotopic (exact) mass is 503 g/mol. The van der Waals surface area contributed by atoms with Crippen LogP contribution in [0.1, 0.15) is 22.6 Å². The number of phosphoric acid groups is 1. The summed E-state index contributed by atoms with van der Waals surface area (Å²) in [5, 5.41) is 10.00. The molecule has 0 fully saturated rings. The van der Waals surface area contributed by atoms with E-state index < -0.39 is 7.82 Å². The number of hydrogen-bond donors (Lipinski definition) is 4. The van der Waals surface area contributed by atoms with Crippen LogP contribution in [0.4, 0.5) is 10.2 Å². The smallest absolute Gasteiger partial charge is 0.368 e. The highest BCUT2D eigenvalue weighted by Gasteiger charge is 2.17. The first kappa shape index (κ1) is 26.3. The molecule has 5 N–H and O–H groups in total. The minimum atomic E-state index is -4.02. The van der Waals surface area contributed by atoms with Crippen molar-refractivity contribution in [3.05, 3.63) is 95.4 Å². The second kappa shape index (κ2) is 12.9. The van der Waals surface area contributed by atoms with Gasteiger partial charge in [-0.2, -0.15) is 0 Å². The highest BCUT2D eigenvalue weighted by atomic mass is 31.2. The summed E-state index contributed by atoms with van der Waals surface area (Å²) in [6.07, 6.45) is 7.20. The van der Waals surface area contributed by atoms with Gasteiger partial charge in [0.15, 0.2) is 5.76 Å². The maximum Gasteiger partial charge on any atom is 0.473 e. The van der Waals surface area contributed by atoms with Gasteiger partial charge < -0.3 is 25.8 Å². The summed E-state index contributed by atoms with van der Waals surface area (Å²) in [6, 6.07) is 11.9. The van der Waals surface area contributed by atoms with Crippen molar-refractivity contribution in [2.24, 2.45) is 5.73 Å². The Bertz CT molecular complexity index is 1180. The van der Waals surface area contributed by atoms with Gasteiger partial charge in [0.1, 0.15) is 18.4 Å². The van der Waals surface area contributed by atoms with E-state index >= 15 is 0 Å². The van der Waals surface area contributed by atoms with Gasteiger partial charge in [-0.25, -0.2) is 13.9 Å². The number of anilines is 1. The third-order valence-electron chi connectivity index (χ3n) is 4.75. The number of allylic oxidation sites excluding steroid dienone is 2. The molecule has 10 nitrogen and oxygen atoms in total. The first-order valence-electron chi connectivity index (χ1n) is 10.6.